The number of rotatable bonds is 4. The van der Waals surface area contributed by atoms with Crippen molar-refractivity contribution in [1.82, 2.24) is 0 Å². The fourth-order valence-electron chi connectivity index (χ4n) is 1.64. The van der Waals surface area contributed by atoms with Crippen LogP contribution in [0.1, 0.15) is 5.56 Å². The Labute approximate surface area is 130 Å². The lowest BCUT2D eigenvalue weighted by Crippen LogP contribution is -2.14. The second-order valence-electron chi connectivity index (χ2n) is 4.30. The van der Waals surface area contributed by atoms with Gasteiger partial charge >= 0.3 is 6.09 Å². The molecular weight excluding hydrogens is 316 g/mol. The number of ether oxygens (including phenoxy) is 2. The van der Waals surface area contributed by atoms with Gasteiger partial charge in [0.05, 0.1) is 17.8 Å². The van der Waals surface area contributed by atoms with Crippen LogP contribution in [0.2, 0.25) is 5.02 Å². The van der Waals surface area contributed by atoms with Crippen LogP contribution in [-0.4, -0.2) is 13.2 Å². The van der Waals surface area contributed by atoms with Crippen molar-refractivity contribution in [2.24, 2.45) is 0 Å². The monoisotopic (exact) mass is 327 g/mol. The molecule has 22 heavy (non-hydrogen) atoms. The van der Waals surface area contributed by atoms with E-state index in [1.54, 1.807) is 31.4 Å². The van der Waals surface area contributed by atoms with E-state index in [2.05, 4.69) is 5.32 Å². The van der Waals surface area contributed by atoms with Crippen LogP contribution in [0, 0.1) is 11.6 Å². The maximum absolute atomic E-state index is 13.1. The zero-order chi connectivity index (χ0) is 16.1. The van der Waals surface area contributed by atoms with E-state index in [0.717, 1.165) is 17.7 Å². The standard InChI is InChI=1S/C15H12ClF2NO3/c1-21-10-4-2-9(3-5-10)8-22-15(20)19-14-7-13(18)12(17)6-11(14)16/h2-7H,8H2,1H3,(H,19,20). The van der Waals surface area contributed by atoms with Gasteiger partial charge in [0.1, 0.15) is 12.4 Å². The van der Waals surface area contributed by atoms with Gasteiger partial charge < -0.3 is 9.47 Å². The van der Waals surface area contributed by atoms with E-state index in [4.69, 9.17) is 21.1 Å². The number of nitrogens with one attached hydrogen (secondary N) is 1. The zero-order valence-electron chi connectivity index (χ0n) is 11.5. The first-order chi connectivity index (χ1) is 10.5. The van der Waals surface area contributed by atoms with Gasteiger partial charge in [0.25, 0.3) is 0 Å². The molecule has 0 unspecified atom stereocenters. The summed E-state index contributed by atoms with van der Waals surface area (Å²) >= 11 is 5.71. The molecule has 0 aliphatic rings. The summed E-state index contributed by atoms with van der Waals surface area (Å²) in [5, 5.41) is 2.12. The highest BCUT2D eigenvalue weighted by Crippen LogP contribution is 2.25. The molecule has 2 aromatic rings. The summed E-state index contributed by atoms with van der Waals surface area (Å²) in [6.45, 7) is 0.0110. The number of hydrogen-bond acceptors (Lipinski definition) is 3. The quantitative estimate of drug-likeness (QED) is 0.848. The van der Waals surface area contributed by atoms with Crippen LogP contribution in [-0.2, 0) is 11.3 Å². The van der Waals surface area contributed by atoms with Crippen molar-refractivity contribution >= 4 is 23.4 Å². The number of halogens is 3. The van der Waals surface area contributed by atoms with Crippen LogP contribution < -0.4 is 10.1 Å². The maximum atomic E-state index is 13.1. The van der Waals surface area contributed by atoms with Gasteiger partial charge in [-0.25, -0.2) is 13.6 Å². The van der Waals surface area contributed by atoms with Crippen LogP contribution in [0.3, 0.4) is 0 Å². The number of anilines is 1. The molecule has 2 rings (SSSR count). The van der Waals surface area contributed by atoms with Gasteiger partial charge in [0.2, 0.25) is 0 Å². The lowest BCUT2D eigenvalue weighted by atomic mass is 10.2. The highest BCUT2D eigenvalue weighted by Gasteiger charge is 2.11. The fraction of sp³-hybridized carbons (Fsp3) is 0.133. The summed E-state index contributed by atoms with van der Waals surface area (Å²) in [5.41, 5.74) is 0.674. The average molecular weight is 328 g/mol. The molecule has 0 fully saturated rings. The minimum Gasteiger partial charge on any atom is -0.497 e. The third-order valence-electron chi connectivity index (χ3n) is 2.78. The molecule has 0 spiro atoms. The van der Waals surface area contributed by atoms with Crippen molar-refractivity contribution in [2.75, 3.05) is 12.4 Å². The van der Waals surface area contributed by atoms with E-state index in [9.17, 15) is 13.6 Å². The molecule has 0 saturated carbocycles. The van der Waals surface area contributed by atoms with Gasteiger partial charge in [-0.15, -0.1) is 0 Å². The SMILES string of the molecule is COc1ccc(COC(=O)Nc2cc(F)c(F)cc2Cl)cc1. The number of methoxy groups -OCH3 is 1. The molecule has 0 radical (unpaired) electrons. The van der Waals surface area contributed by atoms with Gasteiger partial charge in [-0.3, -0.25) is 5.32 Å². The Morgan fingerprint density at radius 1 is 1.18 bits per heavy atom. The normalized spacial score (nSPS) is 10.2. The Morgan fingerprint density at radius 2 is 1.82 bits per heavy atom. The summed E-state index contributed by atoms with van der Waals surface area (Å²) in [6.07, 6.45) is -0.830. The number of carbonyl (C=O) groups excluding carboxylic acids is 1. The van der Waals surface area contributed by atoms with E-state index in [-0.39, 0.29) is 17.3 Å². The molecule has 1 amide bonds. The fourth-order valence-corrected chi connectivity index (χ4v) is 1.83. The number of amides is 1. The predicted molar refractivity (Wildman–Crippen MR) is 78.2 cm³/mol. The largest absolute Gasteiger partial charge is 0.497 e. The van der Waals surface area contributed by atoms with Crippen molar-refractivity contribution in [3.05, 3.63) is 58.6 Å². The average Bonchev–Trinajstić information content (AvgIpc) is 2.51. The molecule has 7 heteroatoms. The summed E-state index contributed by atoms with van der Waals surface area (Å²) in [4.78, 5) is 11.6. The van der Waals surface area contributed by atoms with E-state index in [0.29, 0.717) is 5.75 Å². The highest BCUT2D eigenvalue weighted by molar-refractivity contribution is 6.33. The molecule has 2 aromatic carbocycles. The Hall–Kier alpha value is -2.34. The van der Waals surface area contributed by atoms with Crippen LogP contribution in [0.15, 0.2) is 36.4 Å². The highest BCUT2D eigenvalue weighted by atomic mass is 35.5. The van der Waals surface area contributed by atoms with E-state index >= 15 is 0 Å². The molecule has 1 N–H and O–H groups in total. The summed E-state index contributed by atoms with van der Waals surface area (Å²) < 4.78 is 36.0. The lowest BCUT2D eigenvalue weighted by Gasteiger charge is -2.09. The first-order valence-corrected chi connectivity index (χ1v) is 6.58. The Morgan fingerprint density at radius 3 is 2.45 bits per heavy atom. The third-order valence-corrected chi connectivity index (χ3v) is 3.09. The molecule has 116 valence electrons. The Bertz CT molecular complexity index is 677. The summed E-state index contributed by atoms with van der Waals surface area (Å²) in [7, 11) is 1.55. The van der Waals surface area contributed by atoms with E-state index < -0.39 is 17.7 Å². The van der Waals surface area contributed by atoms with Gasteiger partial charge in [0, 0.05) is 6.07 Å². The second-order valence-corrected chi connectivity index (χ2v) is 4.70. The van der Waals surface area contributed by atoms with Crippen molar-refractivity contribution in [2.45, 2.75) is 6.61 Å². The Kier molecular flexibility index (Phi) is 5.16. The number of hydrogen-bond donors (Lipinski definition) is 1. The minimum atomic E-state index is -1.12. The van der Waals surface area contributed by atoms with Gasteiger partial charge in [0.15, 0.2) is 11.6 Å². The smallest absolute Gasteiger partial charge is 0.412 e. The van der Waals surface area contributed by atoms with Crippen LogP contribution in [0.5, 0.6) is 5.75 Å². The molecule has 0 aromatic heterocycles. The summed E-state index contributed by atoms with van der Waals surface area (Å²) in [6, 6.07) is 8.47. The second kappa shape index (κ2) is 7.09. The van der Waals surface area contributed by atoms with Gasteiger partial charge in [-0.2, -0.15) is 0 Å². The molecule has 0 aliphatic carbocycles. The van der Waals surface area contributed by atoms with E-state index in [1.165, 1.54) is 0 Å². The molecular formula is C15H12ClF2NO3. The first-order valence-electron chi connectivity index (χ1n) is 6.21. The van der Waals surface area contributed by atoms with Crippen LogP contribution in [0.4, 0.5) is 19.3 Å². The maximum Gasteiger partial charge on any atom is 0.412 e. The van der Waals surface area contributed by atoms with Crippen LogP contribution in [0.25, 0.3) is 0 Å². The molecule has 0 heterocycles. The topological polar surface area (TPSA) is 47.6 Å². The van der Waals surface area contributed by atoms with Crippen molar-refractivity contribution in [1.29, 1.82) is 0 Å². The first kappa shape index (κ1) is 16.0. The van der Waals surface area contributed by atoms with Crippen molar-refractivity contribution in [3.63, 3.8) is 0 Å². The minimum absolute atomic E-state index is 0.0110. The Balaban J connectivity index is 1.94. The van der Waals surface area contributed by atoms with Crippen LogP contribution >= 0.6 is 11.6 Å². The molecule has 4 nitrogen and oxygen atoms in total. The van der Waals surface area contributed by atoms with Crippen molar-refractivity contribution in [3.8, 4) is 5.75 Å². The zero-order valence-corrected chi connectivity index (χ0v) is 12.3. The van der Waals surface area contributed by atoms with E-state index in [1.807, 2.05) is 0 Å². The third kappa shape index (κ3) is 4.08. The van der Waals surface area contributed by atoms with Gasteiger partial charge in [-0.05, 0) is 23.8 Å². The predicted octanol–water partition coefficient (Wildman–Crippen LogP) is 4.38. The summed E-state index contributed by atoms with van der Waals surface area (Å²) in [5.74, 6) is -1.53. The molecule has 0 atom stereocenters. The molecule has 0 bridgehead atoms. The lowest BCUT2D eigenvalue weighted by molar-refractivity contribution is 0.155. The number of carbonyl (C=O) groups is 1. The van der Waals surface area contributed by atoms with Crippen molar-refractivity contribution < 1.29 is 23.0 Å². The molecule has 0 aliphatic heterocycles. The van der Waals surface area contributed by atoms with Gasteiger partial charge in [-0.1, -0.05) is 23.7 Å². The molecule has 0 saturated heterocycles. The number of benzene rings is 2.